The number of rotatable bonds is 5. The van der Waals surface area contributed by atoms with E-state index in [1.165, 1.54) is 12.1 Å². The molecule has 2 rings (SSSR count). The van der Waals surface area contributed by atoms with Gasteiger partial charge in [-0.2, -0.15) is 0 Å². The average molecular weight is 280 g/mol. The van der Waals surface area contributed by atoms with E-state index >= 15 is 0 Å². The quantitative estimate of drug-likeness (QED) is 0.906. The predicted octanol–water partition coefficient (Wildman–Crippen LogP) is 3.70. The number of benzene rings is 2. The molecule has 0 saturated heterocycles. The van der Waals surface area contributed by atoms with Gasteiger partial charge in [-0.15, -0.1) is 0 Å². The van der Waals surface area contributed by atoms with Crippen molar-refractivity contribution in [3.63, 3.8) is 0 Å². The summed E-state index contributed by atoms with van der Waals surface area (Å²) in [5.41, 5.74) is 7.46. The second-order valence-electron chi connectivity index (χ2n) is 4.18. The molecule has 0 aliphatic carbocycles. The molecule has 0 saturated carbocycles. The summed E-state index contributed by atoms with van der Waals surface area (Å²) >= 11 is 6.06. The van der Waals surface area contributed by atoms with Gasteiger partial charge in [0.1, 0.15) is 5.82 Å². The topological polar surface area (TPSA) is 35.2 Å². The van der Waals surface area contributed by atoms with Crippen molar-refractivity contribution < 1.29 is 9.13 Å². The number of hydrogen-bond donors (Lipinski definition) is 1. The Bertz CT molecular complexity index is 530. The van der Waals surface area contributed by atoms with Crippen LogP contribution in [0.1, 0.15) is 17.2 Å². The van der Waals surface area contributed by atoms with Crippen LogP contribution >= 0.6 is 11.6 Å². The largest absolute Gasteiger partial charge is 0.367 e. The van der Waals surface area contributed by atoms with Crippen molar-refractivity contribution in [3.8, 4) is 0 Å². The third kappa shape index (κ3) is 3.77. The summed E-state index contributed by atoms with van der Waals surface area (Å²) in [6.07, 6.45) is -0.267. The third-order valence-electron chi connectivity index (χ3n) is 2.85. The van der Waals surface area contributed by atoms with E-state index in [0.29, 0.717) is 18.2 Å². The molecule has 100 valence electrons. The number of hydrogen-bond acceptors (Lipinski definition) is 2. The molecular formula is C15H15ClFNO. The van der Waals surface area contributed by atoms with Gasteiger partial charge in [-0.3, -0.25) is 0 Å². The molecular weight excluding hydrogens is 265 g/mol. The molecule has 0 heterocycles. The summed E-state index contributed by atoms with van der Waals surface area (Å²) in [7, 11) is 0. The Hall–Kier alpha value is -1.42. The van der Waals surface area contributed by atoms with E-state index < -0.39 is 0 Å². The second kappa shape index (κ2) is 6.66. The standard InChI is InChI=1S/C15H15ClFNO/c16-14-4-2-1-3-12(14)10-19-15(9-18)11-5-7-13(17)8-6-11/h1-8,15H,9-10,18H2. The highest BCUT2D eigenvalue weighted by Crippen LogP contribution is 2.21. The fourth-order valence-corrected chi connectivity index (χ4v) is 1.97. The van der Waals surface area contributed by atoms with Crippen molar-refractivity contribution in [2.75, 3.05) is 6.54 Å². The van der Waals surface area contributed by atoms with Crippen molar-refractivity contribution in [1.82, 2.24) is 0 Å². The Labute approximate surface area is 117 Å². The molecule has 1 unspecified atom stereocenters. The van der Waals surface area contributed by atoms with Crippen LogP contribution < -0.4 is 5.73 Å². The average Bonchev–Trinajstić information content (AvgIpc) is 2.43. The van der Waals surface area contributed by atoms with E-state index in [9.17, 15) is 4.39 Å². The minimum absolute atomic E-state index is 0.267. The van der Waals surface area contributed by atoms with Gasteiger partial charge in [0.25, 0.3) is 0 Å². The zero-order valence-corrected chi connectivity index (χ0v) is 11.1. The molecule has 0 radical (unpaired) electrons. The second-order valence-corrected chi connectivity index (χ2v) is 4.59. The Balaban J connectivity index is 2.04. The van der Waals surface area contributed by atoms with Crippen molar-refractivity contribution in [3.05, 3.63) is 70.5 Å². The molecule has 0 aliphatic rings. The first-order chi connectivity index (χ1) is 9.20. The van der Waals surface area contributed by atoms with Crippen LogP contribution in [0.4, 0.5) is 4.39 Å². The van der Waals surface area contributed by atoms with E-state index in [4.69, 9.17) is 22.1 Å². The summed E-state index contributed by atoms with van der Waals surface area (Å²) in [4.78, 5) is 0. The molecule has 2 aromatic rings. The van der Waals surface area contributed by atoms with Crippen LogP contribution in [0, 0.1) is 5.82 Å². The molecule has 0 spiro atoms. The van der Waals surface area contributed by atoms with Crippen molar-refractivity contribution in [2.45, 2.75) is 12.7 Å². The Kier molecular flexibility index (Phi) is 4.91. The highest BCUT2D eigenvalue weighted by Gasteiger charge is 2.11. The lowest BCUT2D eigenvalue weighted by Gasteiger charge is -2.17. The summed E-state index contributed by atoms with van der Waals surface area (Å²) < 4.78 is 18.6. The van der Waals surface area contributed by atoms with Crippen LogP contribution in [0.5, 0.6) is 0 Å². The fourth-order valence-electron chi connectivity index (χ4n) is 1.78. The van der Waals surface area contributed by atoms with Gasteiger partial charge in [0.05, 0.1) is 12.7 Å². The van der Waals surface area contributed by atoms with Crippen LogP contribution in [-0.4, -0.2) is 6.54 Å². The Morgan fingerprint density at radius 3 is 2.42 bits per heavy atom. The van der Waals surface area contributed by atoms with Gasteiger partial charge in [-0.05, 0) is 29.3 Å². The Morgan fingerprint density at radius 1 is 1.11 bits per heavy atom. The number of halogens is 2. The maximum absolute atomic E-state index is 12.9. The van der Waals surface area contributed by atoms with Gasteiger partial charge < -0.3 is 10.5 Å². The highest BCUT2D eigenvalue weighted by molar-refractivity contribution is 6.31. The smallest absolute Gasteiger partial charge is 0.123 e. The molecule has 0 aliphatic heterocycles. The molecule has 2 aromatic carbocycles. The van der Waals surface area contributed by atoms with Crippen molar-refractivity contribution >= 4 is 11.6 Å². The van der Waals surface area contributed by atoms with E-state index in [2.05, 4.69) is 0 Å². The fraction of sp³-hybridized carbons (Fsp3) is 0.200. The zero-order valence-electron chi connectivity index (χ0n) is 10.4. The third-order valence-corrected chi connectivity index (χ3v) is 3.22. The molecule has 0 amide bonds. The summed E-state index contributed by atoms with van der Waals surface area (Å²) in [6.45, 7) is 0.703. The monoisotopic (exact) mass is 279 g/mol. The first-order valence-electron chi connectivity index (χ1n) is 6.01. The van der Waals surface area contributed by atoms with E-state index in [1.54, 1.807) is 12.1 Å². The molecule has 0 bridgehead atoms. The zero-order chi connectivity index (χ0) is 13.7. The number of ether oxygens (including phenoxy) is 1. The van der Waals surface area contributed by atoms with Crippen molar-refractivity contribution in [1.29, 1.82) is 0 Å². The van der Waals surface area contributed by atoms with E-state index in [-0.39, 0.29) is 11.9 Å². The summed E-state index contributed by atoms with van der Waals surface area (Å²) in [5.74, 6) is -0.273. The van der Waals surface area contributed by atoms with Crippen LogP contribution in [0.15, 0.2) is 48.5 Å². The molecule has 0 fully saturated rings. The highest BCUT2D eigenvalue weighted by atomic mass is 35.5. The normalized spacial score (nSPS) is 12.4. The van der Waals surface area contributed by atoms with E-state index in [0.717, 1.165) is 11.1 Å². The predicted molar refractivity (Wildman–Crippen MR) is 74.4 cm³/mol. The summed E-state index contributed by atoms with van der Waals surface area (Å²) in [6, 6.07) is 13.6. The van der Waals surface area contributed by atoms with E-state index in [1.807, 2.05) is 24.3 Å². The van der Waals surface area contributed by atoms with Gasteiger partial charge in [-0.1, -0.05) is 41.9 Å². The minimum Gasteiger partial charge on any atom is -0.367 e. The van der Waals surface area contributed by atoms with Gasteiger partial charge in [-0.25, -0.2) is 4.39 Å². The first kappa shape index (κ1) is 14.0. The maximum Gasteiger partial charge on any atom is 0.123 e. The SMILES string of the molecule is NCC(OCc1ccccc1Cl)c1ccc(F)cc1. The number of nitrogens with two attached hydrogens (primary N) is 1. The lowest BCUT2D eigenvalue weighted by molar-refractivity contribution is 0.0456. The molecule has 4 heteroatoms. The van der Waals surface area contributed by atoms with Crippen LogP contribution in [-0.2, 0) is 11.3 Å². The first-order valence-corrected chi connectivity index (χ1v) is 6.39. The van der Waals surface area contributed by atoms with Crippen molar-refractivity contribution in [2.24, 2.45) is 5.73 Å². The molecule has 0 aromatic heterocycles. The molecule has 19 heavy (non-hydrogen) atoms. The minimum atomic E-state index is -0.273. The molecule has 2 N–H and O–H groups in total. The Morgan fingerprint density at radius 2 is 1.79 bits per heavy atom. The van der Waals surface area contributed by atoms with Crippen LogP contribution in [0.25, 0.3) is 0 Å². The van der Waals surface area contributed by atoms with Gasteiger partial charge in [0.15, 0.2) is 0 Å². The molecule has 2 nitrogen and oxygen atoms in total. The van der Waals surface area contributed by atoms with Gasteiger partial charge in [0, 0.05) is 11.6 Å². The lowest BCUT2D eigenvalue weighted by Crippen LogP contribution is -2.16. The molecule has 1 atom stereocenters. The van der Waals surface area contributed by atoms with Crippen LogP contribution in [0.2, 0.25) is 5.02 Å². The maximum atomic E-state index is 12.9. The van der Waals surface area contributed by atoms with Gasteiger partial charge in [0.2, 0.25) is 0 Å². The van der Waals surface area contributed by atoms with Crippen LogP contribution in [0.3, 0.4) is 0 Å². The summed E-state index contributed by atoms with van der Waals surface area (Å²) in [5, 5.41) is 0.664. The van der Waals surface area contributed by atoms with Gasteiger partial charge >= 0.3 is 0 Å². The lowest BCUT2D eigenvalue weighted by atomic mass is 10.1.